The number of amides is 2. The summed E-state index contributed by atoms with van der Waals surface area (Å²) >= 11 is 0. The van der Waals surface area contributed by atoms with Gasteiger partial charge in [-0.05, 0) is 49.1 Å². The lowest BCUT2D eigenvalue weighted by molar-refractivity contribution is 0.0600. The molecular weight excluding hydrogens is 356 g/mol. The molecule has 2 aromatic carbocycles. The number of carbonyl (C=O) groups excluding carboxylic acids is 3. The molecule has 2 aromatic rings. The Kier molecular flexibility index (Phi) is 4.63. The lowest BCUT2D eigenvalue weighted by Crippen LogP contribution is -2.36. The summed E-state index contributed by atoms with van der Waals surface area (Å²) in [6, 6.07) is 11.9. The number of methoxy groups -OCH3 is 1. The average Bonchev–Trinajstić information content (AvgIpc) is 2.98. The number of anilines is 2. The highest BCUT2D eigenvalue weighted by Crippen LogP contribution is 2.37. The molecule has 2 aliphatic heterocycles. The number of piperidine rings is 1. The van der Waals surface area contributed by atoms with E-state index in [1.54, 1.807) is 42.5 Å². The summed E-state index contributed by atoms with van der Waals surface area (Å²) in [6.07, 6.45) is 2.08. The minimum Gasteiger partial charge on any atom is -0.465 e. The molecule has 0 N–H and O–H groups in total. The van der Waals surface area contributed by atoms with Gasteiger partial charge in [-0.15, -0.1) is 0 Å². The zero-order valence-electron chi connectivity index (χ0n) is 16.0. The molecule has 6 heteroatoms. The largest absolute Gasteiger partial charge is 0.465 e. The normalized spacial score (nSPS) is 17.1. The van der Waals surface area contributed by atoms with Crippen LogP contribution in [0.1, 0.15) is 50.8 Å². The summed E-state index contributed by atoms with van der Waals surface area (Å²) in [5, 5.41) is 0. The lowest BCUT2D eigenvalue weighted by atomic mass is 9.98. The molecule has 2 aliphatic rings. The van der Waals surface area contributed by atoms with E-state index in [0.29, 0.717) is 28.3 Å². The highest BCUT2D eigenvalue weighted by molar-refractivity contribution is 6.35. The van der Waals surface area contributed by atoms with Crippen LogP contribution in [0.2, 0.25) is 0 Å². The quantitative estimate of drug-likeness (QED) is 0.604. The number of ether oxygens (including phenoxy) is 1. The fourth-order valence-electron chi connectivity index (χ4n) is 3.87. The van der Waals surface area contributed by atoms with Crippen molar-refractivity contribution in [1.29, 1.82) is 0 Å². The maximum absolute atomic E-state index is 13.0. The zero-order chi connectivity index (χ0) is 19.8. The van der Waals surface area contributed by atoms with E-state index in [0.717, 1.165) is 31.6 Å². The van der Waals surface area contributed by atoms with Crippen molar-refractivity contribution in [2.45, 2.75) is 19.8 Å². The third-order valence-corrected chi connectivity index (χ3v) is 5.56. The van der Waals surface area contributed by atoms with Crippen LogP contribution < -0.4 is 9.80 Å². The number of benzene rings is 2. The summed E-state index contributed by atoms with van der Waals surface area (Å²) in [7, 11) is 1.31. The number of fused-ring (bicyclic) bond motifs is 1. The number of rotatable bonds is 3. The fraction of sp³-hybridized carbons (Fsp3) is 0.318. The van der Waals surface area contributed by atoms with Crippen molar-refractivity contribution >= 4 is 29.2 Å². The van der Waals surface area contributed by atoms with Gasteiger partial charge in [-0.25, -0.2) is 9.69 Å². The van der Waals surface area contributed by atoms with Gasteiger partial charge in [-0.1, -0.05) is 19.1 Å². The van der Waals surface area contributed by atoms with E-state index in [-0.39, 0.29) is 11.8 Å². The van der Waals surface area contributed by atoms with Crippen LogP contribution in [-0.2, 0) is 4.74 Å². The van der Waals surface area contributed by atoms with Crippen LogP contribution >= 0.6 is 0 Å². The number of imide groups is 1. The van der Waals surface area contributed by atoms with E-state index in [2.05, 4.69) is 11.8 Å². The molecule has 1 fully saturated rings. The highest BCUT2D eigenvalue weighted by atomic mass is 16.5. The van der Waals surface area contributed by atoms with E-state index >= 15 is 0 Å². The highest BCUT2D eigenvalue weighted by Gasteiger charge is 2.38. The maximum Gasteiger partial charge on any atom is 0.337 e. The number of esters is 1. The molecule has 2 amide bonds. The Bertz CT molecular complexity index is 926. The van der Waals surface area contributed by atoms with E-state index in [9.17, 15) is 14.4 Å². The van der Waals surface area contributed by atoms with Crippen LogP contribution in [-0.4, -0.2) is 38.0 Å². The molecule has 0 spiro atoms. The molecule has 2 heterocycles. The van der Waals surface area contributed by atoms with Gasteiger partial charge < -0.3 is 9.64 Å². The molecule has 1 saturated heterocycles. The number of hydrogen-bond acceptors (Lipinski definition) is 5. The first-order valence-corrected chi connectivity index (χ1v) is 9.46. The van der Waals surface area contributed by atoms with Gasteiger partial charge in [0.15, 0.2) is 0 Å². The van der Waals surface area contributed by atoms with Crippen molar-refractivity contribution in [2.75, 3.05) is 30.0 Å². The van der Waals surface area contributed by atoms with Crippen LogP contribution in [0.4, 0.5) is 11.4 Å². The van der Waals surface area contributed by atoms with Crippen LogP contribution in [0.5, 0.6) is 0 Å². The second-order valence-corrected chi connectivity index (χ2v) is 7.36. The summed E-state index contributed by atoms with van der Waals surface area (Å²) in [5.41, 5.74) is 2.30. The van der Waals surface area contributed by atoms with Gasteiger partial charge in [-0.2, -0.15) is 0 Å². The summed E-state index contributed by atoms with van der Waals surface area (Å²) in [4.78, 5) is 41.5. The van der Waals surface area contributed by atoms with Gasteiger partial charge in [0.1, 0.15) is 0 Å². The molecule has 28 heavy (non-hydrogen) atoms. The molecule has 0 unspecified atom stereocenters. The second-order valence-electron chi connectivity index (χ2n) is 7.36. The summed E-state index contributed by atoms with van der Waals surface area (Å²) < 4.78 is 4.83. The van der Waals surface area contributed by atoms with Crippen molar-refractivity contribution in [3.05, 3.63) is 59.2 Å². The first-order valence-electron chi connectivity index (χ1n) is 9.46. The summed E-state index contributed by atoms with van der Waals surface area (Å²) in [6.45, 7) is 3.91. The van der Waals surface area contributed by atoms with Gasteiger partial charge in [0, 0.05) is 13.1 Å². The van der Waals surface area contributed by atoms with Gasteiger partial charge >= 0.3 is 5.97 Å². The monoisotopic (exact) mass is 378 g/mol. The lowest BCUT2D eigenvalue weighted by Gasteiger charge is -2.34. The molecule has 0 radical (unpaired) electrons. The van der Waals surface area contributed by atoms with Gasteiger partial charge in [0.2, 0.25) is 0 Å². The predicted molar refractivity (Wildman–Crippen MR) is 106 cm³/mol. The molecule has 0 aliphatic carbocycles. The van der Waals surface area contributed by atoms with E-state index in [1.165, 1.54) is 12.0 Å². The van der Waals surface area contributed by atoms with Crippen LogP contribution in [0.15, 0.2) is 42.5 Å². The maximum atomic E-state index is 13.0. The molecule has 0 aromatic heterocycles. The molecular formula is C22H22N2O4. The van der Waals surface area contributed by atoms with E-state index in [1.807, 2.05) is 0 Å². The van der Waals surface area contributed by atoms with Crippen LogP contribution in [0.3, 0.4) is 0 Å². The number of nitrogens with zero attached hydrogens (tertiary/aromatic N) is 2. The smallest absolute Gasteiger partial charge is 0.337 e. The topological polar surface area (TPSA) is 66.9 Å². The standard InChI is InChI=1S/C22H22N2O4/c1-14-9-11-23(12-10-14)18-8-7-15(22(27)28-2)13-19(18)24-20(25)16-5-3-4-6-17(16)21(24)26/h3-8,13-14H,9-12H2,1-2H3. The molecule has 0 atom stereocenters. The minimum atomic E-state index is -0.503. The Morgan fingerprint density at radius 1 is 0.964 bits per heavy atom. The van der Waals surface area contributed by atoms with Crippen molar-refractivity contribution < 1.29 is 19.1 Å². The van der Waals surface area contributed by atoms with E-state index in [4.69, 9.17) is 4.74 Å². The Hall–Kier alpha value is -3.15. The third kappa shape index (κ3) is 2.95. The fourth-order valence-corrected chi connectivity index (χ4v) is 3.87. The molecule has 6 nitrogen and oxygen atoms in total. The van der Waals surface area contributed by atoms with Crippen molar-refractivity contribution in [3.63, 3.8) is 0 Å². The van der Waals surface area contributed by atoms with Crippen molar-refractivity contribution in [1.82, 2.24) is 0 Å². The van der Waals surface area contributed by atoms with E-state index < -0.39 is 5.97 Å². The minimum absolute atomic E-state index is 0.309. The average molecular weight is 378 g/mol. The number of hydrogen-bond donors (Lipinski definition) is 0. The summed E-state index contributed by atoms with van der Waals surface area (Å²) in [5.74, 6) is -0.589. The first kappa shape index (κ1) is 18.2. The van der Waals surface area contributed by atoms with Gasteiger partial charge in [-0.3, -0.25) is 9.59 Å². The molecule has 0 saturated carbocycles. The van der Waals surface area contributed by atoms with Crippen molar-refractivity contribution in [3.8, 4) is 0 Å². The van der Waals surface area contributed by atoms with Crippen molar-refractivity contribution in [2.24, 2.45) is 5.92 Å². The predicted octanol–water partition coefficient (Wildman–Crippen LogP) is 3.51. The molecule has 0 bridgehead atoms. The first-order chi connectivity index (χ1) is 13.5. The van der Waals surface area contributed by atoms with Gasteiger partial charge in [0.25, 0.3) is 11.8 Å². The van der Waals surface area contributed by atoms with Crippen LogP contribution in [0, 0.1) is 5.92 Å². The van der Waals surface area contributed by atoms with Gasteiger partial charge in [0.05, 0.1) is 35.2 Å². The zero-order valence-corrected chi connectivity index (χ0v) is 16.0. The molecule has 4 rings (SSSR count). The Labute approximate surface area is 163 Å². The number of carbonyl (C=O) groups is 3. The Balaban J connectivity index is 1.81. The SMILES string of the molecule is COC(=O)c1ccc(N2CCC(C)CC2)c(N2C(=O)c3ccccc3C2=O)c1. The van der Waals surface area contributed by atoms with Crippen LogP contribution in [0.25, 0.3) is 0 Å². The second kappa shape index (κ2) is 7.11. The third-order valence-electron chi connectivity index (χ3n) is 5.56. The Morgan fingerprint density at radius 2 is 1.57 bits per heavy atom. The molecule has 144 valence electrons. The Morgan fingerprint density at radius 3 is 2.14 bits per heavy atom.